The summed E-state index contributed by atoms with van der Waals surface area (Å²) in [5, 5.41) is 7.36. The van der Waals surface area contributed by atoms with E-state index in [1.807, 2.05) is 12.1 Å². The Hall–Kier alpha value is -6.90. The fourth-order valence-electron chi connectivity index (χ4n) is 7.61. The van der Waals surface area contributed by atoms with E-state index in [0.717, 1.165) is 50.1 Å². The summed E-state index contributed by atoms with van der Waals surface area (Å²) in [5.41, 5.74) is 12.2. The lowest BCUT2D eigenvalue weighted by Gasteiger charge is -2.26. The van der Waals surface area contributed by atoms with Crippen LogP contribution in [0.15, 0.2) is 205 Å². The lowest BCUT2D eigenvalue weighted by molar-refractivity contribution is 0.669. The molecule has 10 rings (SSSR count). The van der Waals surface area contributed by atoms with Crippen LogP contribution < -0.4 is 4.90 Å². The Bertz CT molecular complexity index is 2890. The predicted molar refractivity (Wildman–Crippen MR) is 220 cm³/mol. The summed E-state index contributed by atoms with van der Waals surface area (Å²) in [6.45, 7) is 0. The minimum Gasteiger partial charge on any atom is -0.456 e. The maximum absolute atomic E-state index is 6.10. The van der Waals surface area contributed by atoms with E-state index in [1.54, 1.807) is 0 Å². The average Bonchev–Trinajstić information content (AvgIpc) is 3.60. The van der Waals surface area contributed by atoms with Gasteiger partial charge in [-0.25, -0.2) is 0 Å². The Labute approximate surface area is 302 Å². The van der Waals surface area contributed by atoms with E-state index >= 15 is 0 Å². The number of anilines is 3. The molecule has 1 aromatic heterocycles. The second-order valence-corrected chi connectivity index (χ2v) is 13.4. The summed E-state index contributed by atoms with van der Waals surface area (Å²) in [4.78, 5) is 2.35. The molecule has 0 saturated heterocycles. The summed E-state index contributed by atoms with van der Waals surface area (Å²) in [6, 6.07) is 71.8. The van der Waals surface area contributed by atoms with Gasteiger partial charge in [-0.15, -0.1) is 0 Å². The molecule has 0 N–H and O–H groups in total. The van der Waals surface area contributed by atoms with Crippen LogP contribution in [0, 0.1) is 0 Å². The summed E-state index contributed by atoms with van der Waals surface area (Å²) in [5.74, 6) is 0. The molecule has 0 unspecified atom stereocenters. The largest absolute Gasteiger partial charge is 0.456 e. The molecule has 0 amide bonds. The zero-order chi connectivity index (χ0) is 34.4. The zero-order valence-corrected chi connectivity index (χ0v) is 28.4. The van der Waals surface area contributed by atoms with E-state index < -0.39 is 0 Å². The molecule has 0 aliphatic carbocycles. The van der Waals surface area contributed by atoms with Crippen molar-refractivity contribution in [1.29, 1.82) is 0 Å². The van der Waals surface area contributed by atoms with Crippen LogP contribution in [-0.2, 0) is 0 Å². The molecule has 9 aromatic carbocycles. The van der Waals surface area contributed by atoms with E-state index in [4.69, 9.17) is 4.42 Å². The number of rotatable bonds is 6. The van der Waals surface area contributed by atoms with Crippen molar-refractivity contribution in [1.82, 2.24) is 0 Å². The Kier molecular flexibility index (Phi) is 7.18. The highest BCUT2D eigenvalue weighted by Crippen LogP contribution is 2.39. The molecule has 0 aliphatic heterocycles. The lowest BCUT2D eigenvalue weighted by Crippen LogP contribution is -2.10. The first kappa shape index (κ1) is 30.0. The number of furan rings is 1. The van der Waals surface area contributed by atoms with E-state index in [0.29, 0.717) is 0 Å². The van der Waals surface area contributed by atoms with Gasteiger partial charge in [-0.05, 0) is 116 Å². The fourth-order valence-corrected chi connectivity index (χ4v) is 7.61. The number of hydrogen-bond donors (Lipinski definition) is 0. The third-order valence-corrected chi connectivity index (χ3v) is 10.3. The smallest absolute Gasteiger partial charge is 0.135 e. The van der Waals surface area contributed by atoms with Crippen LogP contribution in [0.3, 0.4) is 0 Å². The minimum absolute atomic E-state index is 0.909. The van der Waals surface area contributed by atoms with E-state index in [9.17, 15) is 0 Å². The van der Waals surface area contributed by atoms with Crippen molar-refractivity contribution in [2.24, 2.45) is 0 Å². The maximum Gasteiger partial charge on any atom is 0.135 e. The summed E-state index contributed by atoms with van der Waals surface area (Å²) in [6.07, 6.45) is 0. The van der Waals surface area contributed by atoms with Gasteiger partial charge in [-0.2, -0.15) is 0 Å². The zero-order valence-electron chi connectivity index (χ0n) is 28.4. The van der Waals surface area contributed by atoms with Gasteiger partial charge >= 0.3 is 0 Å². The summed E-state index contributed by atoms with van der Waals surface area (Å²) in [7, 11) is 0. The molecular formula is C50H33NO. The monoisotopic (exact) mass is 663 g/mol. The third kappa shape index (κ3) is 5.30. The van der Waals surface area contributed by atoms with Crippen LogP contribution in [-0.4, -0.2) is 0 Å². The molecule has 52 heavy (non-hydrogen) atoms. The fraction of sp³-hybridized carbons (Fsp3) is 0. The Morgan fingerprint density at radius 1 is 0.269 bits per heavy atom. The van der Waals surface area contributed by atoms with Crippen molar-refractivity contribution in [3.63, 3.8) is 0 Å². The number of fused-ring (bicyclic) bond motifs is 6. The number of para-hydroxylation sites is 1. The highest BCUT2D eigenvalue weighted by molar-refractivity contribution is 6.08. The number of nitrogens with zero attached hydrogens (tertiary/aromatic N) is 1. The van der Waals surface area contributed by atoms with Gasteiger partial charge in [0.1, 0.15) is 11.2 Å². The van der Waals surface area contributed by atoms with Crippen molar-refractivity contribution >= 4 is 60.5 Å². The second-order valence-electron chi connectivity index (χ2n) is 13.4. The number of benzene rings is 9. The topological polar surface area (TPSA) is 16.4 Å². The maximum atomic E-state index is 6.10. The van der Waals surface area contributed by atoms with E-state index in [2.05, 4.69) is 193 Å². The second kappa shape index (κ2) is 12.5. The normalized spacial score (nSPS) is 11.5. The van der Waals surface area contributed by atoms with E-state index in [1.165, 1.54) is 43.8 Å². The summed E-state index contributed by atoms with van der Waals surface area (Å²) < 4.78 is 6.10. The van der Waals surface area contributed by atoms with Crippen LogP contribution in [0.2, 0.25) is 0 Å². The van der Waals surface area contributed by atoms with Gasteiger partial charge in [0.05, 0.1) is 0 Å². The first-order chi connectivity index (χ1) is 25.7. The molecule has 2 nitrogen and oxygen atoms in total. The molecule has 0 aliphatic rings. The first-order valence-corrected chi connectivity index (χ1v) is 17.7. The van der Waals surface area contributed by atoms with Crippen LogP contribution in [0.1, 0.15) is 0 Å². The quantitative estimate of drug-likeness (QED) is 0.165. The van der Waals surface area contributed by atoms with Gasteiger partial charge < -0.3 is 9.32 Å². The van der Waals surface area contributed by atoms with Crippen molar-refractivity contribution < 1.29 is 4.42 Å². The van der Waals surface area contributed by atoms with Crippen molar-refractivity contribution in [3.05, 3.63) is 200 Å². The van der Waals surface area contributed by atoms with Crippen LogP contribution in [0.5, 0.6) is 0 Å². The molecule has 0 bridgehead atoms. The SMILES string of the molecule is c1ccc(-c2cccc(N(c3ccc(-c4ccc5c(ccc6ccccc65)c4)cc3)c3ccc(-c4ccc5oc6ccccc6c5c4)cc3)c2)cc1. The first-order valence-electron chi connectivity index (χ1n) is 17.7. The molecule has 2 heteroatoms. The van der Waals surface area contributed by atoms with E-state index in [-0.39, 0.29) is 0 Å². The molecule has 0 radical (unpaired) electrons. The molecular weight excluding hydrogens is 631 g/mol. The molecule has 0 atom stereocenters. The van der Waals surface area contributed by atoms with Crippen molar-refractivity contribution in [2.75, 3.05) is 4.90 Å². The molecule has 0 fully saturated rings. The van der Waals surface area contributed by atoms with Crippen molar-refractivity contribution in [2.45, 2.75) is 0 Å². The van der Waals surface area contributed by atoms with Gasteiger partial charge in [0.25, 0.3) is 0 Å². The van der Waals surface area contributed by atoms with Crippen LogP contribution in [0.4, 0.5) is 17.1 Å². The molecule has 0 saturated carbocycles. The van der Waals surface area contributed by atoms with Gasteiger partial charge in [0.2, 0.25) is 0 Å². The highest BCUT2D eigenvalue weighted by Gasteiger charge is 2.15. The molecule has 10 aromatic rings. The average molecular weight is 664 g/mol. The molecule has 1 heterocycles. The minimum atomic E-state index is 0.909. The third-order valence-electron chi connectivity index (χ3n) is 10.3. The van der Waals surface area contributed by atoms with Crippen LogP contribution >= 0.6 is 0 Å². The Morgan fingerprint density at radius 2 is 0.808 bits per heavy atom. The van der Waals surface area contributed by atoms with Crippen LogP contribution in [0.25, 0.3) is 76.9 Å². The number of hydrogen-bond acceptors (Lipinski definition) is 2. The Balaban J connectivity index is 1.03. The van der Waals surface area contributed by atoms with Gasteiger partial charge in [0, 0.05) is 27.8 Å². The van der Waals surface area contributed by atoms with Gasteiger partial charge in [-0.3, -0.25) is 0 Å². The lowest BCUT2D eigenvalue weighted by atomic mass is 9.97. The predicted octanol–water partition coefficient (Wildman–Crippen LogP) is 14.4. The van der Waals surface area contributed by atoms with Gasteiger partial charge in [0.15, 0.2) is 0 Å². The highest BCUT2D eigenvalue weighted by atomic mass is 16.3. The Morgan fingerprint density at radius 3 is 1.60 bits per heavy atom. The summed E-state index contributed by atoms with van der Waals surface area (Å²) >= 11 is 0. The molecule has 0 spiro atoms. The standard InChI is InChI=1S/C50H33NO/c1-2-9-34(10-3-1)38-12-8-13-44(32-38)51(43-27-21-36(22-28-43)40-24-30-50-48(33-40)47-15-6-7-16-49(47)52-50)42-25-19-35(20-26-42)39-23-29-46-41(31-39)18-17-37-11-4-5-14-45(37)46/h1-33H. The van der Waals surface area contributed by atoms with Gasteiger partial charge in [-0.1, -0.05) is 140 Å². The molecule has 244 valence electrons. The van der Waals surface area contributed by atoms with Crippen molar-refractivity contribution in [3.8, 4) is 33.4 Å².